The zero-order chi connectivity index (χ0) is 15.3. The summed E-state index contributed by atoms with van der Waals surface area (Å²) in [6, 6.07) is 6.49. The Balaban J connectivity index is 1.77. The first-order valence-electron chi connectivity index (χ1n) is 7.86. The molecular formula is C18H27NO2. The van der Waals surface area contributed by atoms with Crippen LogP contribution in [0.3, 0.4) is 0 Å². The second-order valence-electron chi connectivity index (χ2n) is 6.56. The van der Waals surface area contributed by atoms with Gasteiger partial charge in [-0.15, -0.1) is 0 Å². The Morgan fingerprint density at radius 1 is 1.24 bits per heavy atom. The fourth-order valence-electron chi connectivity index (χ4n) is 3.20. The van der Waals surface area contributed by atoms with Crippen molar-refractivity contribution in [3.8, 4) is 0 Å². The fourth-order valence-corrected chi connectivity index (χ4v) is 3.20. The summed E-state index contributed by atoms with van der Waals surface area (Å²) in [5.74, 6) is 0.150. The first-order valence-corrected chi connectivity index (χ1v) is 7.86. The molecule has 1 aromatic carbocycles. The number of ether oxygens (including phenoxy) is 1. The number of hydrogen-bond acceptors (Lipinski definition) is 2. The van der Waals surface area contributed by atoms with E-state index in [0.29, 0.717) is 6.42 Å². The summed E-state index contributed by atoms with van der Waals surface area (Å²) in [6.45, 7) is 5.71. The molecule has 0 atom stereocenters. The maximum atomic E-state index is 12.0. The molecule has 116 valence electrons. The number of amides is 1. The number of carbonyl (C=O) groups excluding carboxylic acids is 1. The van der Waals surface area contributed by atoms with Crippen molar-refractivity contribution in [2.45, 2.75) is 46.0 Å². The Morgan fingerprint density at radius 3 is 2.43 bits per heavy atom. The van der Waals surface area contributed by atoms with Gasteiger partial charge in [0.2, 0.25) is 5.91 Å². The molecule has 1 amide bonds. The summed E-state index contributed by atoms with van der Waals surface area (Å²) < 4.78 is 5.29. The average molecular weight is 289 g/mol. The molecule has 1 aromatic rings. The predicted molar refractivity (Wildman–Crippen MR) is 85.4 cm³/mol. The van der Waals surface area contributed by atoms with Crippen molar-refractivity contribution in [2.24, 2.45) is 5.41 Å². The molecule has 3 nitrogen and oxygen atoms in total. The van der Waals surface area contributed by atoms with Gasteiger partial charge in [-0.3, -0.25) is 4.79 Å². The topological polar surface area (TPSA) is 38.3 Å². The van der Waals surface area contributed by atoms with E-state index in [2.05, 4.69) is 37.4 Å². The highest BCUT2D eigenvalue weighted by molar-refractivity contribution is 5.76. The van der Waals surface area contributed by atoms with Gasteiger partial charge in [-0.25, -0.2) is 0 Å². The van der Waals surface area contributed by atoms with Crippen molar-refractivity contribution in [1.29, 1.82) is 0 Å². The predicted octanol–water partition coefficient (Wildman–Crippen LogP) is 3.17. The highest BCUT2D eigenvalue weighted by atomic mass is 16.5. The third kappa shape index (κ3) is 4.57. The summed E-state index contributed by atoms with van der Waals surface area (Å²) in [5, 5.41) is 3.09. The second kappa shape index (κ2) is 7.08. The Morgan fingerprint density at radius 2 is 1.90 bits per heavy atom. The van der Waals surface area contributed by atoms with E-state index in [0.717, 1.165) is 32.4 Å². The van der Waals surface area contributed by atoms with Gasteiger partial charge in [-0.1, -0.05) is 35.7 Å². The molecule has 0 unspecified atom stereocenters. The minimum absolute atomic E-state index is 0.150. The van der Waals surface area contributed by atoms with Crippen LogP contribution in [-0.4, -0.2) is 26.2 Å². The monoisotopic (exact) mass is 289 g/mol. The van der Waals surface area contributed by atoms with E-state index < -0.39 is 0 Å². The van der Waals surface area contributed by atoms with E-state index in [9.17, 15) is 4.79 Å². The molecule has 3 heteroatoms. The molecule has 1 fully saturated rings. The van der Waals surface area contributed by atoms with Gasteiger partial charge < -0.3 is 10.1 Å². The van der Waals surface area contributed by atoms with E-state index in [4.69, 9.17) is 4.74 Å². The van der Waals surface area contributed by atoms with E-state index in [1.54, 1.807) is 7.11 Å². The molecule has 1 N–H and O–H groups in total. The molecular weight excluding hydrogens is 262 g/mol. The highest BCUT2D eigenvalue weighted by Crippen LogP contribution is 2.40. The maximum absolute atomic E-state index is 12.0. The van der Waals surface area contributed by atoms with Crippen molar-refractivity contribution >= 4 is 5.91 Å². The molecule has 0 heterocycles. The molecule has 0 bridgehead atoms. The quantitative estimate of drug-likeness (QED) is 0.837. The molecule has 0 radical (unpaired) electrons. The summed E-state index contributed by atoms with van der Waals surface area (Å²) in [5.41, 5.74) is 3.97. The van der Waals surface area contributed by atoms with E-state index >= 15 is 0 Å². The Kier molecular flexibility index (Phi) is 5.40. The van der Waals surface area contributed by atoms with Crippen LogP contribution in [-0.2, 0) is 16.0 Å². The first kappa shape index (κ1) is 16.0. The van der Waals surface area contributed by atoms with Crippen LogP contribution in [0.25, 0.3) is 0 Å². The lowest BCUT2D eigenvalue weighted by atomic mass is 9.69. The lowest BCUT2D eigenvalue weighted by Gasteiger charge is -2.41. The molecule has 2 rings (SSSR count). The number of benzene rings is 1. The average Bonchev–Trinajstić information content (AvgIpc) is 2.38. The molecule has 1 aliphatic rings. The van der Waals surface area contributed by atoms with Crippen molar-refractivity contribution in [1.82, 2.24) is 5.32 Å². The number of nitrogens with one attached hydrogen (secondary N) is 1. The molecule has 0 aliphatic heterocycles. The lowest BCUT2D eigenvalue weighted by Crippen LogP contribution is -2.45. The van der Waals surface area contributed by atoms with Gasteiger partial charge in [0.25, 0.3) is 0 Å². The van der Waals surface area contributed by atoms with Crippen LogP contribution in [0.4, 0.5) is 0 Å². The third-order valence-electron chi connectivity index (χ3n) is 4.45. The van der Waals surface area contributed by atoms with Crippen LogP contribution < -0.4 is 5.32 Å². The van der Waals surface area contributed by atoms with Crippen LogP contribution in [0.15, 0.2) is 18.2 Å². The summed E-state index contributed by atoms with van der Waals surface area (Å²) in [4.78, 5) is 12.0. The van der Waals surface area contributed by atoms with Gasteiger partial charge in [0.05, 0.1) is 6.61 Å². The molecule has 1 saturated carbocycles. The number of hydrogen-bond donors (Lipinski definition) is 1. The van der Waals surface area contributed by atoms with E-state index in [1.165, 1.54) is 23.1 Å². The lowest BCUT2D eigenvalue weighted by molar-refractivity contribution is -0.122. The second-order valence-corrected chi connectivity index (χ2v) is 6.56. The molecule has 1 aliphatic carbocycles. The van der Waals surface area contributed by atoms with Crippen molar-refractivity contribution in [3.05, 3.63) is 34.9 Å². The zero-order valence-corrected chi connectivity index (χ0v) is 13.5. The van der Waals surface area contributed by atoms with Gasteiger partial charge in [-0.05, 0) is 38.7 Å². The van der Waals surface area contributed by atoms with Gasteiger partial charge in [0, 0.05) is 25.5 Å². The zero-order valence-electron chi connectivity index (χ0n) is 13.5. The Labute approximate surface area is 128 Å². The van der Waals surface area contributed by atoms with Crippen LogP contribution in [0, 0.1) is 19.3 Å². The van der Waals surface area contributed by atoms with Crippen molar-refractivity contribution in [3.63, 3.8) is 0 Å². The van der Waals surface area contributed by atoms with Gasteiger partial charge in [-0.2, -0.15) is 0 Å². The maximum Gasteiger partial charge on any atom is 0.220 e. The van der Waals surface area contributed by atoms with Crippen LogP contribution in [0.2, 0.25) is 0 Å². The normalized spacial score (nSPS) is 16.3. The minimum Gasteiger partial charge on any atom is -0.384 e. The summed E-state index contributed by atoms with van der Waals surface area (Å²) in [7, 11) is 1.74. The van der Waals surface area contributed by atoms with Crippen LogP contribution in [0.5, 0.6) is 0 Å². The van der Waals surface area contributed by atoms with E-state index in [-0.39, 0.29) is 11.3 Å². The van der Waals surface area contributed by atoms with Crippen LogP contribution in [0.1, 0.15) is 42.4 Å². The first-order chi connectivity index (χ1) is 10.0. The molecule has 0 aromatic heterocycles. The summed E-state index contributed by atoms with van der Waals surface area (Å²) >= 11 is 0. The van der Waals surface area contributed by atoms with Gasteiger partial charge in [0.1, 0.15) is 0 Å². The molecule has 21 heavy (non-hydrogen) atoms. The third-order valence-corrected chi connectivity index (χ3v) is 4.45. The number of rotatable bonds is 7. The smallest absolute Gasteiger partial charge is 0.220 e. The van der Waals surface area contributed by atoms with Crippen molar-refractivity contribution < 1.29 is 9.53 Å². The highest BCUT2D eigenvalue weighted by Gasteiger charge is 2.37. The number of methoxy groups -OCH3 is 1. The van der Waals surface area contributed by atoms with Gasteiger partial charge >= 0.3 is 0 Å². The molecule has 0 spiro atoms. The standard InChI is InChI=1S/C18H27NO2/c1-14-9-15(2)11-16(10-14)5-6-17(20)19-12-18(13-21-3)7-4-8-18/h9-11H,4-8,12-13H2,1-3H3,(H,19,20). The SMILES string of the molecule is COCC1(CNC(=O)CCc2cc(C)cc(C)c2)CCC1. The van der Waals surface area contributed by atoms with Crippen LogP contribution >= 0.6 is 0 Å². The largest absolute Gasteiger partial charge is 0.384 e. The molecule has 0 saturated heterocycles. The summed E-state index contributed by atoms with van der Waals surface area (Å²) in [6.07, 6.45) is 4.95. The Hall–Kier alpha value is -1.35. The van der Waals surface area contributed by atoms with E-state index in [1.807, 2.05) is 0 Å². The fraction of sp³-hybridized carbons (Fsp3) is 0.611. The Bertz CT molecular complexity index is 472. The number of aryl methyl sites for hydroxylation is 3. The number of carbonyl (C=O) groups is 1. The minimum atomic E-state index is 0.150. The van der Waals surface area contributed by atoms with Gasteiger partial charge in [0.15, 0.2) is 0 Å². The van der Waals surface area contributed by atoms with Crippen molar-refractivity contribution in [2.75, 3.05) is 20.3 Å².